The van der Waals surface area contributed by atoms with Gasteiger partial charge in [-0.1, -0.05) is 6.07 Å². The molecule has 1 aromatic heterocycles. The summed E-state index contributed by atoms with van der Waals surface area (Å²) in [6.45, 7) is 4.67. The van der Waals surface area contributed by atoms with Gasteiger partial charge in [-0.3, -0.25) is 4.79 Å². The van der Waals surface area contributed by atoms with Crippen LogP contribution in [0.15, 0.2) is 18.2 Å². The number of aryl methyl sites for hydroxylation is 2. The van der Waals surface area contributed by atoms with Crippen LogP contribution >= 0.6 is 0 Å². The highest BCUT2D eigenvalue weighted by atomic mass is 16.5. The second-order valence-electron chi connectivity index (χ2n) is 5.21. The Labute approximate surface area is 118 Å². The zero-order valence-electron chi connectivity index (χ0n) is 11.9. The van der Waals surface area contributed by atoms with E-state index in [2.05, 4.69) is 9.55 Å². The van der Waals surface area contributed by atoms with Crippen molar-refractivity contribution in [3.05, 3.63) is 29.6 Å². The summed E-state index contributed by atoms with van der Waals surface area (Å²) in [5, 5.41) is 0. The number of aromatic nitrogens is 2. The highest BCUT2D eigenvalue weighted by molar-refractivity contribution is 5.82. The van der Waals surface area contributed by atoms with Crippen LogP contribution in [-0.4, -0.2) is 46.7 Å². The normalized spacial score (nSPS) is 15.8. The molecule has 1 aliphatic rings. The molecule has 1 fully saturated rings. The lowest BCUT2D eigenvalue weighted by Gasteiger charge is -2.26. The molecule has 1 saturated heterocycles. The van der Waals surface area contributed by atoms with E-state index in [9.17, 15) is 4.79 Å². The lowest BCUT2D eigenvalue weighted by atomic mass is 10.1. The minimum Gasteiger partial charge on any atom is -0.378 e. The number of hydrogen-bond acceptors (Lipinski definition) is 3. The summed E-state index contributed by atoms with van der Waals surface area (Å²) in [5.41, 5.74) is 3.08. The Morgan fingerprint density at radius 1 is 1.35 bits per heavy atom. The fourth-order valence-corrected chi connectivity index (χ4v) is 2.57. The first-order chi connectivity index (χ1) is 9.65. The third-order valence-corrected chi connectivity index (χ3v) is 3.89. The molecule has 1 aliphatic heterocycles. The van der Waals surface area contributed by atoms with Gasteiger partial charge in [0.15, 0.2) is 0 Å². The minimum atomic E-state index is 0.167. The molecule has 0 atom stereocenters. The van der Waals surface area contributed by atoms with E-state index in [-0.39, 0.29) is 5.91 Å². The Bertz CT molecular complexity index is 642. The van der Waals surface area contributed by atoms with Crippen molar-refractivity contribution in [2.24, 2.45) is 7.05 Å². The maximum atomic E-state index is 12.2. The number of carbonyl (C=O) groups is 1. The number of rotatable bonds is 2. The number of fused-ring (bicyclic) bond motifs is 1. The van der Waals surface area contributed by atoms with Gasteiger partial charge in [0.05, 0.1) is 30.7 Å². The van der Waals surface area contributed by atoms with Crippen molar-refractivity contribution in [1.82, 2.24) is 14.5 Å². The average Bonchev–Trinajstić information content (AvgIpc) is 2.74. The average molecular weight is 273 g/mol. The van der Waals surface area contributed by atoms with E-state index in [0.29, 0.717) is 32.7 Å². The van der Waals surface area contributed by atoms with E-state index < -0.39 is 0 Å². The van der Waals surface area contributed by atoms with E-state index in [0.717, 1.165) is 22.4 Å². The molecule has 0 unspecified atom stereocenters. The molecular weight excluding hydrogens is 254 g/mol. The quantitative estimate of drug-likeness (QED) is 0.828. The first-order valence-electron chi connectivity index (χ1n) is 6.92. The Morgan fingerprint density at radius 3 is 2.85 bits per heavy atom. The summed E-state index contributed by atoms with van der Waals surface area (Å²) in [5.74, 6) is 1.15. The van der Waals surface area contributed by atoms with Crippen molar-refractivity contribution in [3.8, 4) is 0 Å². The SMILES string of the molecule is Cc1nc2cc(CC(=O)N3CCOCC3)ccc2n1C. The van der Waals surface area contributed by atoms with Crippen LogP contribution in [0.1, 0.15) is 11.4 Å². The van der Waals surface area contributed by atoms with Gasteiger partial charge in [-0.25, -0.2) is 4.98 Å². The molecule has 0 aliphatic carbocycles. The molecule has 5 nitrogen and oxygen atoms in total. The Balaban J connectivity index is 1.78. The van der Waals surface area contributed by atoms with Crippen molar-refractivity contribution in [2.45, 2.75) is 13.3 Å². The summed E-state index contributed by atoms with van der Waals surface area (Å²) in [7, 11) is 2.00. The third-order valence-electron chi connectivity index (χ3n) is 3.89. The summed E-state index contributed by atoms with van der Waals surface area (Å²) < 4.78 is 7.33. The summed E-state index contributed by atoms with van der Waals surface area (Å²) in [4.78, 5) is 18.6. The third kappa shape index (κ3) is 2.41. The van der Waals surface area contributed by atoms with Crippen LogP contribution in [0.2, 0.25) is 0 Å². The lowest BCUT2D eigenvalue weighted by molar-refractivity contribution is -0.134. The van der Waals surface area contributed by atoms with E-state index in [1.807, 2.05) is 37.1 Å². The number of morpholine rings is 1. The highest BCUT2D eigenvalue weighted by Crippen LogP contribution is 2.17. The molecule has 2 aromatic rings. The van der Waals surface area contributed by atoms with Crippen LogP contribution in [-0.2, 0) is 23.0 Å². The summed E-state index contributed by atoms with van der Waals surface area (Å²) >= 11 is 0. The van der Waals surface area contributed by atoms with Crippen molar-refractivity contribution < 1.29 is 9.53 Å². The second-order valence-corrected chi connectivity index (χ2v) is 5.21. The Hall–Kier alpha value is -1.88. The molecule has 106 valence electrons. The van der Waals surface area contributed by atoms with E-state index in [1.165, 1.54) is 0 Å². The molecule has 0 radical (unpaired) electrons. The molecule has 5 heteroatoms. The van der Waals surface area contributed by atoms with E-state index in [1.54, 1.807) is 0 Å². The zero-order chi connectivity index (χ0) is 14.1. The Morgan fingerprint density at radius 2 is 2.10 bits per heavy atom. The van der Waals surface area contributed by atoms with Crippen LogP contribution < -0.4 is 0 Å². The van der Waals surface area contributed by atoms with Crippen LogP contribution in [0.3, 0.4) is 0 Å². The summed E-state index contributed by atoms with van der Waals surface area (Å²) in [6.07, 6.45) is 0.436. The molecule has 0 N–H and O–H groups in total. The molecular formula is C15H19N3O2. The number of amides is 1. The fraction of sp³-hybridized carbons (Fsp3) is 0.467. The first-order valence-corrected chi connectivity index (χ1v) is 6.92. The number of ether oxygens (including phenoxy) is 1. The van der Waals surface area contributed by atoms with Crippen LogP contribution in [0, 0.1) is 6.92 Å². The first kappa shape index (κ1) is 13.1. The molecule has 0 saturated carbocycles. The molecule has 2 heterocycles. The van der Waals surface area contributed by atoms with Gasteiger partial charge in [0, 0.05) is 20.1 Å². The maximum Gasteiger partial charge on any atom is 0.227 e. The van der Waals surface area contributed by atoms with Gasteiger partial charge in [0.25, 0.3) is 0 Å². The predicted molar refractivity (Wildman–Crippen MR) is 76.6 cm³/mol. The van der Waals surface area contributed by atoms with Crippen molar-refractivity contribution in [1.29, 1.82) is 0 Å². The zero-order valence-corrected chi connectivity index (χ0v) is 11.9. The van der Waals surface area contributed by atoms with Gasteiger partial charge in [-0.15, -0.1) is 0 Å². The predicted octanol–water partition coefficient (Wildman–Crippen LogP) is 1.28. The number of hydrogen-bond donors (Lipinski definition) is 0. The molecule has 20 heavy (non-hydrogen) atoms. The van der Waals surface area contributed by atoms with Gasteiger partial charge in [0.1, 0.15) is 5.82 Å². The molecule has 0 bridgehead atoms. The minimum absolute atomic E-state index is 0.167. The van der Waals surface area contributed by atoms with E-state index in [4.69, 9.17) is 4.74 Å². The number of imidazole rings is 1. The van der Waals surface area contributed by atoms with Crippen LogP contribution in [0.25, 0.3) is 11.0 Å². The van der Waals surface area contributed by atoms with Gasteiger partial charge in [-0.05, 0) is 24.6 Å². The molecule has 3 rings (SSSR count). The van der Waals surface area contributed by atoms with Gasteiger partial charge >= 0.3 is 0 Å². The lowest BCUT2D eigenvalue weighted by Crippen LogP contribution is -2.41. The fourth-order valence-electron chi connectivity index (χ4n) is 2.57. The molecule has 0 spiro atoms. The largest absolute Gasteiger partial charge is 0.378 e. The number of nitrogens with zero attached hydrogens (tertiary/aromatic N) is 3. The monoisotopic (exact) mass is 273 g/mol. The highest BCUT2D eigenvalue weighted by Gasteiger charge is 2.17. The van der Waals surface area contributed by atoms with E-state index >= 15 is 0 Å². The topological polar surface area (TPSA) is 47.4 Å². The van der Waals surface area contributed by atoms with Crippen molar-refractivity contribution in [2.75, 3.05) is 26.3 Å². The standard InChI is InChI=1S/C15H19N3O2/c1-11-16-13-9-12(3-4-14(13)17(11)2)10-15(19)18-5-7-20-8-6-18/h3-4,9H,5-8,10H2,1-2H3. The van der Waals surface area contributed by atoms with Crippen LogP contribution in [0.4, 0.5) is 0 Å². The second kappa shape index (κ2) is 5.25. The van der Waals surface area contributed by atoms with Crippen molar-refractivity contribution >= 4 is 16.9 Å². The molecule has 1 amide bonds. The van der Waals surface area contributed by atoms with Gasteiger partial charge in [0.2, 0.25) is 5.91 Å². The van der Waals surface area contributed by atoms with Crippen molar-refractivity contribution in [3.63, 3.8) is 0 Å². The summed E-state index contributed by atoms with van der Waals surface area (Å²) in [6, 6.07) is 6.07. The van der Waals surface area contributed by atoms with Gasteiger partial charge in [-0.2, -0.15) is 0 Å². The van der Waals surface area contributed by atoms with Gasteiger partial charge < -0.3 is 14.2 Å². The molecule has 1 aromatic carbocycles. The smallest absolute Gasteiger partial charge is 0.227 e. The number of carbonyl (C=O) groups excluding carboxylic acids is 1. The Kier molecular flexibility index (Phi) is 3.44. The number of benzene rings is 1. The van der Waals surface area contributed by atoms with Crippen LogP contribution in [0.5, 0.6) is 0 Å². The maximum absolute atomic E-state index is 12.2.